The second kappa shape index (κ2) is 4.44. The van der Waals surface area contributed by atoms with Gasteiger partial charge in [0.1, 0.15) is 5.69 Å². The van der Waals surface area contributed by atoms with Crippen molar-refractivity contribution >= 4 is 21.6 Å². The number of hydrogen-bond acceptors (Lipinski definition) is 3. The fourth-order valence-corrected chi connectivity index (χ4v) is 2.46. The largest absolute Gasteiger partial charge is 0.377 e. The molecule has 2 aliphatic carbocycles. The van der Waals surface area contributed by atoms with E-state index in [-0.39, 0.29) is 5.56 Å². The first-order valence-corrected chi connectivity index (χ1v) is 7.05. The summed E-state index contributed by atoms with van der Waals surface area (Å²) in [5, 5.41) is 7.49. The van der Waals surface area contributed by atoms with Crippen molar-refractivity contribution in [3.8, 4) is 0 Å². The molecule has 2 saturated carbocycles. The van der Waals surface area contributed by atoms with Gasteiger partial charge in [-0.25, -0.2) is 4.68 Å². The van der Waals surface area contributed by atoms with Gasteiger partial charge in [0.25, 0.3) is 5.56 Å². The predicted molar refractivity (Wildman–Crippen MR) is 70.2 cm³/mol. The van der Waals surface area contributed by atoms with Crippen LogP contribution in [-0.2, 0) is 6.54 Å². The number of nitrogens with zero attached hydrogens (tertiary/aromatic N) is 2. The van der Waals surface area contributed by atoms with Crippen molar-refractivity contribution in [1.29, 1.82) is 0 Å². The summed E-state index contributed by atoms with van der Waals surface area (Å²) < 4.78 is 2.39. The number of halogens is 1. The van der Waals surface area contributed by atoms with Gasteiger partial charge < -0.3 is 5.32 Å². The van der Waals surface area contributed by atoms with Crippen LogP contribution in [0, 0.1) is 5.92 Å². The van der Waals surface area contributed by atoms with Crippen LogP contribution in [0.5, 0.6) is 0 Å². The molecule has 0 spiro atoms. The van der Waals surface area contributed by atoms with Crippen LogP contribution in [0.3, 0.4) is 0 Å². The number of aromatic nitrogens is 2. The Morgan fingerprint density at radius 3 is 2.76 bits per heavy atom. The molecule has 5 heteroatoms. The third kappa shape index (κ3) is 2.39. The third-order valence-corrected chi connectivity index (χ3v) is 4.18. The lowest BCUT2D eigenvalue weighted by Gasteiger charge is -2.25. The maximum Gasteiger partial charge on any atom is 0.291 e. The molecule has 2 aliphatic rings. The summed E-state index contributed by atoms with van der Waals surface area (Å²) in [6.45, 7) is 0.769. The van der Waals surface area contributed by atoms with Crippen LogP contribution in [0.25, 0.3) is 0 Å². The monoisotopic (exact) mass is 297 g/mol. The quantitative estimate of drug-likeness (QED) is 0.928. The number of nitrogens with one attached hydrogen (secondary N) is 1. The van der Waals surface area contributed by atoms with Crippen molar-refractivity contribution in [3.63, 3.8) is 0 Å². The van der Waals surface area contributed by atoms with Gasteiger partial charge in [0.15, 0.2) is 0 Å². The van der Waals surface area contributed by atoms with Crippen molar-refractivity contribution in [2.75, 3.05) is 5.32 Å². The van der Waals surface area contributed by atoms with Crippen molar-refractivity contribution in [1.82, 2.24) is 9.78 Å². The second-order valence-electron chi connectivity index (χ2n) is 5.07. The van der Waals surface area contributed by atoms with Gasteiger partial charge in [-0.05, 0) is 47.5 Å². The van der Waals surface area contributed by atoms with Crippen LogP contribution in [0.4, 0.5) is 5.69 Å². The summed E-state index contributed by atoms with van der Waals surface area (Å²) in [7, 11) is 0. The Labute approximate surface area is 109 Å². The summed E-state index contributed by atoms with van der Waals surface area (Å²) in [5.41, 5.74) is 0.694. The molecule has 4 nitrogen and oxygen atoms in total. The van der Waals surface area contributed by atoms with Crippen LogP contribution >= 0.6 is 15.9 Å². The van der Waals surface area contributed by atoms with Crippen molar-refractivity contribution < 1.29 is 0 Å². The highest BCUT2D eigenvalue weighted by molar-refractivity contribution is 9.10. The van der Waals surface area contributed by atoms with Crippen LogP contribution in [0.15, 0.2) is 15.5 Å². The Hall–Kier alpha value is -0.840. The molecule has 0 atom stereocenters. The van der Waals surface area contributed by atoms with E-state index in [0.717, 1.165) is 23.9 Å². The summed E-state index contributed by atoms with van der Waals surface area (Å²) in [4.78, 5) is 12.2. The molecule has 3 rings (SSSR count). The van der Waals surface area contributed by atoms with E-state index in [0.29, 0.717) is 17.6 Å². The van der Waals surface area contributed by atoms with Gasteiger partial charge in [-0.1, -0.05) is 6.42 Å². The van der Waals surface area contributed by atoms with E-state index < -0.39 is 0 Å². The first kappa shape index (κ1) is 11.3. The average Bonchev–Trinajstić information content (AvgIpc) is 3.04. The first-order valence-electron chi connectivity index (χ1n) is 6.26. The van der Waals surface area contributed by atoms with Crippen LogP contribution in [0.2, 0.25) is 0 Å². The summed E-state index contributed by atoms with van der Waals surface area (Å²) in [6, 6.07) is 0.485. The molecule has 0 bridgehead atoms. The van der Waals surface area contributed by atoms with Gasteiger partial charge in [-0.15, -0.1) is 0 Å². The molecular formula is C12H16BrN3O. The van der Waals surface area contributed by atoms with E-state index in [9.17, 15) is 4.79 Å². The molecule has 1 N–H and O–H groups in total. The topological polar surface area (TPSA) is 46.9 Å². The molecule has 17 heavy (non-hydrogen) atoms. The lowest BCUT2D eigenvalue weighted by Crippen LogP contribution is -2.31. The first-order chi connectivity index (χ1) is 8.24. The lowest BCUT2D eigenvalue weighted by molar-refractivity contribution is 0.262. The average molecular weight is 298 g/mol. The lowest BCUT2D eigenvalue weighted by atomic mass is 9.85. The maximum atomic E-state index is 12.2. The van der Waals surface area contributed by atoms with E-state index in [1.165, 1.54) is 19.3 Å². The summed E-state index contributed by atoms with van der Waals surface area (Å²) in [6.07, 6.45) is 7.81. The Kier molecular flexibility index (Phi) is 2.94. The van der Waals surface area contributed by atoms with E-state index in [2.05, 4.69) is 26.3 Å². The Morgan fingerprint density at radius 2 is 2.18 bits per heavy atom. The molecule has 0 saturated heterocycles. The highest BCUT2D eigenvalue weighted by Gasteiger charge is 2.25. The standard InChI is InChI=1S/C12H16BrN3O/c13-10-6-14-16(7-8-2-1-3-8)12(17)11(10)15-9-4-5-9/h6,8-9,15H,1-5,7H2. The minimum atomic E-state index is 0.0122. The van der Waals surface area contributed by atoms with E-state index >= 15 is 0 Å². The molecule has 0 amide bonds. The number of rotatable bonds is 4. The van der Waals surface area contributed by atoms with Gasteiger partial charge >= 0.3 is 0 Å². The number of hydrogen-bond donors (Lipinski definition) is 1. The zero-order chi connectivity index (χ0) is 11.8. The maximum absolute atomic E-state index is 12.2. The van der Waals surface area contributed by atoms with Gasteiger partial charge in [0.05, 0.1) is 10.7 Å². The molecule has 1 aromatic rings. The van der Waals surface area contributed by atoms with Gasteiger partial charge in [0.2, 0.25) is 0 Å². The summed E-state index contributed by atoms with van der Waals surface area (Å²) in [5.74, 6) is 0.648. The van der Waals surface area contributed by atoms with Crippen molar-refractivity contribution in [3.05, 3.63) is 21.0 Å². The molecule has 0 unspecified atom stereocenters. The highest BCUT2D eigenvalue weighted by atomic mass is 79.9. The molecule has 0 aromatic carbocycles. The molecule has 1 aromatic heterocycles. The smallest absolute Gasteiger partial charge is 0.291 e. The van der Waals surface area contributed by atoms with Gasteiger partial charge in [-0.2, -0.15) is 5.10 Å². The fourth-order valence-electron chi connectivity index (χ4n) is 2.08. The fraction of sp³-hybridized carbons (Fsp3) is 0.667. The predicted octanol–water partition coefficient (Wildman–Crippen LogP) is 2.38. The Morgan fingerprint density at radius 1 is 1.41 bits per heavy atom. The molecule has 0 aliphatic heterocycles. The molecule has 92 valence electrons. The van der Waals surface area contributed by atoms with Crippen molar-refractivity contribution in [2.24, 2.45) is 5.92 Å². The molecular weight excluding hydrogens is 282 g/mol. The van der Waals surface area contributed by atoms with E-state index in [4.69, 9.17) is 0 Å². The van der Waals surface area contributed by atoms with E-state index in [1.54, 1.807) is 10.9 Å². The van der Waals surface area contributed by atoms with Crippen LogP contribution in [-0.4, -0.2) is 15.8 Å². The van der Waals surface area contributed by atoms with Gasteiger partial charge in [-0.3, -0.25) is 4.79 Å². The van der Waals surface area contributed by atoms with Crippen LogP contribution in [0.1, 0.15) is 32.1 Å². The van der Waals surface area contributed by atoms with Crippen molar-refractivity contribution in [2.45, 2.75) is 44.7 Å². The zero-order valence-electron chi connectivity index (χ0n) is 9.66. The third-order valence-electron chi connectivity index (χ3n) is 3.58. The Balaban J connectivity index is 1.84. The minimum Gasteiger partial charge on any atom is -0.377 e. The van der Waals surface area contributed by atoms with E-state index in [1.807, 2.05) is 0 Å². The summed E-state index contributed by atoms with van der Waals surface area (Å²) >= 11 is 3.40. The molecule has 2 fully saturated rings. The van der Waals surface area contributed by atoms with Gasteiger partial charge in [0, 0.05) is 12.6 Å². The second-order valence-corrected chi connectivity index (χ2v) is 5.92. The zero-order valence-corrected chi connectivity index (χ0v) is 11.2. The highest BCUT2D eigenvalue weighted by Crippen LogP contribution is 2.29. The molecule has 1 heterocycles. The van der Waals surface area contributed by atoms with Crippen LogP contribution < -0.4 is 10.9 Å². The number of anilines is 1. The normalized spacial score (nSPS) is 20.1. The minimum absolute atomic E-state index is 0.0122. The Bertz CT molecular complexity index is 477. The molecule has 0 radical (unpaired) electrons. The SMILES string of the molecule is O=c1c(NC2CC2)c(Br)cnn1CC1CCC1.